The molecule has 0 aliphatic carbocycles. The second-order valence-electron chi connectivity index (χ2n) is 1.76. The summed E-state index contributed by atoms with van der Waals surface area (Å²) >= 11 is 1.48. The summed E-state index contributed by atoms with van der Waals surface area (Å²) in [6, 6.07) is 0. The second-order valence-corrected chi connectivity index (χ2v) is 4.38. The molecular weight excluding hydrogens is 169 g/mol. The standard InChI is InChI=1S/C4H8N3OPS/c5-9(6,8)7-1-3-10-4-2-7/h1-4H,(H4,5,6,8). The van der Waals surface area contributed by atoms with Crippen LogP contribution < -0.4 is 11.0 Å². The highest BCUT2D eigenvalue weighted by Crippen LogP contribution is 2.34. The van der Waals surface area contributed by atoms with E-state index in [4.69, 9.17) is 11.0 Å². The summed E-state index contributed by atoms with van der Waals surface area (Å²) in [4.78, 5) is 0. The highest BCUT2D eigenvalue weighted by molar-refractivity contribution is 8.04. The van der Waals surface area contributed by atoms with E-state index in [0.717, 1.165) is 0 Å². The molecule has 4 nitrogen and oxygen atoms in total. The predicted octanol–water partition coefficient (Wildman–Crippen LogP) is 1.00. The first-order valence-corrected chi connectivity index (χ1v) is 5.29. The smallest absolute Gasteiger partial charge is 0.281 e. The minimum absolute atomic E-state index is 1.31. The Hall–Kier alpha value is -0.220. The average molecular weight is 177 g/mol. The Balaban J connectivity index is 2.74. The van der Waals surface area contributed by atoms with E-state index in [2.05, 4.69) is 0 Å². The molecule has 0 saturated heterocycles. The normalized spacial score (nSPS) is 18.0. The van der Waals surface area contributed by atoms with E-state index >= 15 is 0 Å². The van der Waals surface area contributed by atoms with Crippen molar-refractivity contribution in [3.63, 3.8) is 0 Å². The third-order valence-electron chi connectivity index (χ3n) is 0.945. The second kappa shape index (κ2) is 2.80. The van der Waals surface area contributed by atoms with Crippen molar-refractivity contribution in [3.8, 4) is 0 Å². The topological polar surface area (TPSA) is 72.3 Å². The Morgan fingerprint density at radius 2 is 1.80 bits per heavy atom. The molecule has 0 aromatic heterocycles. The van der Waals surface area contributed by atoms with Crippen LogP contribution in [-0.4, -0.2) is 4.67 Å². The third-order valence-corrected chi connectivity index (χ3v) is 2.49. The molecule has 0 amide bonds. The SMILES string of the molecule is NP(N)(=O)N1C=CSC=C1. The monoisotopic (exact) mass is 177 g/mol. The largest absolute Gasteiger partial charge is 0.304 e. The Morgan fingerprint density at radius 1 is 1.30 bits per heavy atom. The average Bonchev–Trinajstić information content (AvgIpc) is 1.88. The molecule has 10 heavy (non-hydrogen) atoms. The summed E-state index contributed by atoms with van der Waals surface area (Å²) in [5.41, 5.74) is 10.3. The molecule has 0 fully saturated rings. The van der Waals surface area contributed by atoms with Crippen LogP contribution in [0, 0.1) is 0 Å². The zero-order valence-corrected chi connectivity index (χ0v) is 6.89. The quantitative estimate of drug-likeness (QED) is 0.584. The first kappa shape index (κ1) is 7.88. The molecular formula is C4H8N3OPS. The molecule has 1 aliphatic heterocycles. The van der Waals surface area contributed by atoms with Gasteiger partial charge in [-0.3, -0.25) is 20.2 Å². The molecule has 0 aromatic rings. The highest BCUT2D eigenvalue weighted by Gasteiger charge is 2.15. The van der Waals surface area contributed by atoms with Crippen LogP contribution in [0.2, 0.25) is 0 Å². The van der Waals surface area contributed by atoms with Crippen molar-refractivity contribution in [2.75, 3.05) is 0 Å². The Bertz CT molecular complexity index is 209. The van der Waals surface area contributed by atoms with Crippen molar-refractivity contribution in [1.82, 2.24) is 4.67 Å². The van der Waals surface area contributed by atoms with Crippen LogP contribution in [0.3, 0.4) is 0 Å². The van der Waals surface area contributed by atoms with E-state index in [1.807, 2.05) is 0 Å². The summed E-state index contributed by atoms with van der Waals surface area (Å²) in [7, 11) is -3.09. The zero-order valence-electron chi connectivity index (χ0n) is 5.18. The van der Waals surface area contributed by atoms with Gasteiger partial charge in [-0.25, -0.2) is 0 Å². The van der Waals surface area contributed by atoms with Crippen LogP contribution in [0.15, 0.2) is 23.2 Å². The van der Waals surface area contributed by atoms with E-state index in [1.54, 1.807) is 23.2 Å². The van der Waals surface area contributed by atoms with Gasteiger partial charge in [-0.1, -0.05) is 0 Å². The summed E-state index contributed by atoms with van der Waals surface area (Å²) in [6.07, 6.45) is 3.18. The molecule has 0 bridgehead atoms. The molecule has 0 radical (unpaired) electrons. The van der Waals surface area contributed by atoms with Crippen molar-refractivity contribution in [2.45, 2.75) is 0 Å². The number of thioether (sulfide) groups is 1. The maximum atomic E-state index is 10.9. The number of hydrogen-bond acceptors (Lipinski definition) is 2. The molecule has 0 aromatic carbocycles. The van der Waals surface area contributed by atoms with Gasteiger partial charge in [0.05, 0.1) is 0 Å². The third kappa shape index (κ3) is 1.88. The number of hydrogen-bond donors (Lipinski definition) is 2. The van der Waals surface area contributed by atoms with Crippen molar-refractivity contribution in [2.24, 2.45) is 11.0 Å². The fourth-order valence-electron chi connectivity index (χ4n) is 0.498. The predicted molar refractivity (Wildman–Crippen MR) is 43.7 cm³/mol. The van der Waals surface area contributed by atoms with E-state index in [1.165, 1.54) is 16.4 Å². The van der Waals surface area contributed by atoms with Gasteiger partial charge in [0, 0.05) is 12.4 Å². The van der Waals surface area contributed by atoms with E-state index < -0.39 is 7.59 Å². The Labute approximate surface area is 63.5 Å². The van der Waals surface area contributed by atoms with Crippen molar-refractivity contribution in [1.29, 1.82) is 0 Å². The van der Waals surface area contributed by atoms with Crippen LogP contribution in [0.4, 0.5) is 0 Å². The van der Waals surface area contributed by atoms with Gasteiger partial charge in [0.1, 0.15) is 0 Å². The lowest BCUT2D eigenvalue weighted by atomic mass is 10.9. The number of rotatable bonds is 1. The number of nitrogens with zero attached hydrogens (tertiary/aromatic N) is 1. The van der Waals surface area contributed by atoms with E-state index in [9.17, 15) is 4.57 Å². The molecule has 1 rings (SSSR count). The molecule has 56 valence electrons. The number of nitrogens with two attached hydrogens (primary N) is 2. The zero-order chi connectivity index (χ0) is 7.61. The highest BCUT2D eigenvalue weighted by atomic mass is 32.2. The molecule has 1 heterocycles. The Kier molecular flexibility index (Phi) is 2.21. The molecule has 0 saturated carbocycles. The van der Waals surface area contributed by atoms with Crippen LogP contribution in [0.1, 0.15) is 0 Å². The first-order chi connectivity index (χ1) is 4.61. The van der Waals surface area contributed by atoms with E-state index in [-0.39, 0.29) is 0 Å². The van der Waals surface area contributed by atoms with Gasteiger partial charge in [0.25, 0.3) is 0 Å². The van der Waals surface area contributed by atoms with Crippen molar-refractivity contribution < 1.29 is 4.57 Å². The maximum Gasteiger partial charge on any atom is 0.304 e. The lowest BCUT2D eigenvalue weighted by Crippen LogP contribution is -2.19. The van der Waals surface area contributed by atoms with Crippen molar-refractivity contribution in [3.05, 3.63) is 23.2 Å². The van der Waals surface area contributed by atoms with Gasteiger partial charge < -0.3 is 0 Å². The molecule has 0 unspecified atom stereocenters. The summed E-state index contributed by atoms with van der Waals surface area (Å²) in [5, 5.41) is 3.51. The molecule has 6 heteroatoms. The summed E-state index contributed by atoms with van der Waals surface area (Å²) < 4.78 is 12.2. The minimum Gasteiger partial charge on any atom is -0.281 e. The lowest BCUT2D eigenvalue weighted by molar-refractivity contribution is 0.544. The molecule has 1 aliphatic rings. The first-order valence-electron chi connectivity index (χ1n) is 2.55. The van der Waals surface area contributed by atoms with Gasteiger partial charge in [0.2, 0.25) is 0 Å². The van der Waals surface area contributed by atoms with Crippen LogP contribution in [0.25, 0.3) is 0 Å². The summed E-state index contributed by atoms with van der Waals surface area (Å²) in [5.74, 6) is 0. The van der Waals surface area contributed by atoms with Gasteiger partial charge in [-0.2, -0.15) is 0 Å². The fourth-order valence-corrected chi connectivity index (χ4v) is 1.72. The fraction of sp³-hybridized carbons (Fsp3) is 0. The molecule has 0 spiro atoms. The van der Waals surface area contributed by atoms with Crippen LogP contribution >= 0.6 is 19.4 Å². The van der Waals surface area contributed by atoms with Crippen molar-refractivity contribution >= 4 is 19.4 Å². The van der Waals surface area contributed by atoms with Crippen LogP contribution in [-0.2, 0) is 4.57 Å². The van der Waals surface area contributed by atoms with Gasteiger partial charge in [0.15, 0.2) is 0 Å². The van der Waals surface area contributed by atoms with Crippen LogP contribution in [0.5, 0.6) is 0 Å². The lowest BCUT2D eigenvalue weighted by Gasteiger charge is -2.20. The molecule has 0 atom stereocenters. The summed E-state index contributed by atoms with van der Waals surface area (Å²) in [6.45, 7) is 0. The van der Waals surface area contributed by atoms with Gasteiger partial charge in [-0.05, 0) is 10.8 Å². The van der Waals surface area contributed by atoms with Gasteiger partial charge >= 0.3 is 7.59 Å². The van der Waals surface area contributed by atoms with Gasteiger partial charge in [-0.15, -0.1) is 11.8 Å². The van der Waals surface area contributed by atoms with E-state index in [0.29, 0.717) is 0 Å². The Morgan fingerprint density at radius 3 is 2.10 bits per heavy atom. The molecule has 4 N–H and O–H groups in total. The minimum atomic E-state index is -3.09. The maximum absolute atomic E-state index is 10.9.